The van der Waals surface area contributed by atoms with E-state index >= 15 is 0 Å². The van der Waals surface area contributed by atoms with Crippen molar-refractivity contribution >= 4 is 11.6 Å². The van der Waals surface area contributed by atoms with Crippen molar-refractivity contribution in [3.63, 3.8) is 0 Å². The summed E-state index contributed by atoms with van der Waals surface area (Å²) in [6.07, 6.45) is 3.73. The number of rotatable bonds is 5. The second-order valence-corrected chi connectivity index (χ2v) is 7.16. The van der Waals surface area contributed by atoms with Crippen LogP contribution in [0, 0.1) is 0 Å². The highest BCUT2D eigenvalue weighted by atomic mass is 16.5. The van der Waals surface area contributed by atoms with Crippen LogP contribution < -0.4 is 10.2 Å². The normalized spacial score (nSPS) is 20.1. The Bertz CT molecular complexity index is 754. The summed E-state index contributed by atoms with van der Waals surface area (Å²) < 4.78 is 5.80. The number of aryl methyl sites for hydroxylation is 2. The first-order valence-electron chi connectivity index (χ1n) is 9.58. The van der Waals surface area contributed by atoms with Crippen LogP contribution in [0.2, 0.25) is 0 Å². The smallest absolute Gasteiger partial charge is 0.227 e. The fourth-order valence-electron chi connectivity index (χ4n) is 3.81. The molecule has 0 bridgehead atoms. The van der Waals surface area contributed by atoms with Gasteiger partial charge < -0.3 is 15.0 Å². The molecule has 2 heterocycles. The average Bonchev–Trinajstić information content (AvgIpc) is 2.70. The summed E-state index contributed by atoms with van der Waals surface area (Å²) in [6, 6.07) is 16.9. The first-order valence-corrected chi connectivity index (χ1v) is 9.58. The topological polar surface area (TPSA) is 41.6 Å². The molecule has 2 aliphatic heterocycles. The van der Waals surface area contributed by atoms with Crippen molar-refractivity contribution in [2.75, 3.05) is 24.6 Å². The second kappa shape index (κ2) is 8.02. The molecule has 0 spiro atoms. The maximum Gasteiger partial charge on any atom is 0.227 e. The molecule has 0 radical (unpaired) electrons. The Kier molecular flexibility index (Phi) is 5.32. The number of hydrogen-bond donors (Lipinski definition) is 1. The van der Waals surface area contributed by atoms with Gasteiger partial charge in [-0.1, -0.05) is 42.5 Å². The van der Waals surface area contributed by atoms with Crippen molar-refractivity contribution in [3.8, 4) is 0 Å². The summed E-state index contributed by atoms with van der Waals surface area (Å²) >= 11 is 0. The monoisotopic (exact) mass is 350 g/mol. The van der Waals surface area contributed by atoms with Crippen molar-refractivity contribution in [2.24, 2.45) is 0 Å². The average molecular weight is 350 g/mol. The second-order valence-electron chi connectivity index (χ2n) is 7.16. The van der Waals surface area contributed by atoms with Gasteiger partial charge in [-0.05, 0) is 42.0 Å². The molecule has 1 unspecified atom stereocenters. The Morgan fingerprint density at radius 2 is 1.96 bits per heavy atom. The quantitative estimate of drug-likeness (QED) is 0.901. The third kappa shape index (κ3) is 3.97. The van der Waals surface area contributed by atoms with Gasteiger partial charge >= 0.3 is 0 Å². The zero-order chi connectivity index (χ0) is 17.8. The molecule has 0 aromatic heterocycles. The summed E-state index contributed by atoms with van der Waals surface area (Å²) in [5.74, 6) is 0.221. The van der Waals surface area contributed by atoms with Crippen LogP contribution in [0.1, 0.15) is 29.5 Å². The summed E-state index contributed by atoms with van der Waals surface area (Å²) in [4.78, 5) is 14.5. The Morgan fingerprint density at radius 3 is 2.77 bits per heavy atom. The van der Waals surface area contributed by atoms with E-state index in [9.17, 15) is 4.79 Å². The fourth-order valence-corrected chi connectivity index (χ4v) is 3.81. The maximum absolute atomic E-state index is 12.6. The maximum atomic E-state index is 12.6. The zero-order valence-corrected chi connectivity index (χ0v) is 15.1. The van der Waals surface area contributed by atoms with Crippen LogP contribution in [0.15, 0.2) is 48.5 Å². The number of anilines is 1. The standard InChI is InChI=1S/C22H26N2O2/c25-22-11-9-19-8-6-17(7-10-20-15-23-12-13-26-20)14-21(19)24(22)16-18-4-2-1-3-5-18/h1-6,8,14,20,23H,7,9-13,15-16H2. The van der Waals surface area contributed by atoms with E-state index in [1.807, 2.05) is 23.1 Å². The van der Waals surface area contributed by atoms with Crippen molar-refractivity contribution in [1.82, 2.24) is 5.32 Å². The molecule has 1 saturated heterocycles. The fraction of sp³-hybridized carbons (Fsp3) is 0.409. The van der Waals surface area contributed by atoms with Gasteiger partial charge in [0, 0.05) is 25.2 Å². The molecule has 1 N–H and O–H groups in total. The molecule has 2 aromatic carbocycles. The molecule has 1 fully saturated rings. The molecule has 2 aliphatic rings. The van der Waals surface area contributed by atoms with E-state index in [-0.39, 0.29) is 5.91 Å². The molecule has 0 aliphatic carbocycles. The Balaban J connectivity index is 1.51. The van der Waals surface area contributed by atoms with Gasteiger partial charge in [-0.15, -0.1) is 0 Å². The predicted molar refractivity (Wildman–Crippen MR) is 103 cm³/mol. The van der Waals surface area contributed by atoms with Crippen molar-refractivity contribution in [2.45, 2.75) is 38.3 Å². The predicted octanol–water partition coefficient (Wildman–Crippen LogP) is 3.09. The summed E-state index contributed by atoms with van der Waals surface area (Å²) in [7, 11) is 0. The first kappa shape index (κ1) is 17.3. The molecule has 4 rings (SSSR count). The van der Waals surface area contributed by atoms with Gasteiger partial charge in [0.25, 0.3) is 0 Å². The van der Waals surface area contributed by atoms with E-state index in [1.54, 1.807) is 0 Å². The molecule has 26 heavy (non-hydrogen) atoms. The minimum atomic E-state index is 0.221. The number of hydrogen-bond acceptors (Lipinski definition) is 3. The summed E-state index contributed by atoms with van der Waals surface area (Å²) in [5.41, 5.74) is 4.82. The van der Waals surface area contributed by atoms with Gasteiger partial charge in [0.2, 0.25) is 5.91 Å². The van der Waals surface area contributed by atoms with Crippen LogP contribution in [0.5, 0.6) is 0 Å². The van der Waals surface area contributed by atoms with Crippen molar-refractivity contribution in [3.05, 3.63) is 65.2 Å². The van der Waals surface area contributed by atoms with Crippen LogP contribution in [-0.4, -0.2) is 31.7 Å². The lowest BCUT2D eigenvalue weighted by Gasteiger charge is -2.30. The number of amides is 1. The zero-order valence-electron chi connectivity index (χ0n) is 15.1. The van der Waals surface area contributed by atoms with Gasteiger partial charge in [-0.3, -0.25) is 4.79 Å². The Labute approximate surface area is 155 Å². The molecule has 2 aromatic rings. The number of carbonyl (C=O) groups is 1. The number of benzene rings is 2. The van der Waals surface area contributed by atoms with E-state index in [2.05, 4.69) is 35.6 Å². The van der Waals surface area contributed by atoms with Gasteiger partial charge in [0.05, 0.1) is 19.3 Å². The van der Waals surface area contributed by atoms with Gasteiger partial charge in [-0.2, -0.15) is 0 Å². The number of morpholine rings is 1. The minimum absolute atomic E-state index is 0.221. The largest absolute Gasteiger partial charge is 0.376 e. The summed E-state index contributed by atoms with van der Waals surface area (Å²) in [5, 5.41) is 3.38. The lowest BCUT2D eigenvalue weighted by Crippen LogP contribution is -2.38. The van der Waals surface area contributed by atoms with E-state index in [4.69, 9.17) is 4.74 Å². The highest BCUT2D eigenvalue weighted by molar-refractivity contribution is 5.96. The van der Waals surface area contributed by atoms with Crippen LogP contribution >= 0.6 is 0 Å². The molecule has 4 heteroatoms. The molecule has 136 valence electrons. The SMILES string of the molecule is O=C1CCc2ccc(CCC3CNCCO3)cc2N1Cc1ccccc1. The molecular formula is C22H26N2O2. The minimum Gasteiger partial charge on any atom is -0.376 e. The Morgan fingerprint density at radius 1 is 1.08 bits per heavy atom. The van der Waals surface area contributed by atoms with E-state index < -0.39 is 0 Å². The van der Waals surface area contributed by atoms with Gasteiger partial charge in [0.1, 0.15) is 0 Å². The lowest BCUT2D eigenvalue weighted by atomic mass is 9.96. The number of carbonyl (C=O) groups excluding carboxylic acids is 1. The molecule has 1 amide bonds. The van der Waals surface area contributed by atoms with Crippen LogP contribution in [0.4, 0.5) is 5.69 Å². The van der Waals surface area contributed by atoms with Crippen molar-refractivity contribution < 1.29 is 9.53 Å². The number of nitrogens with zero attached hydrogens (tertiary/aromatic N) is 1. The van der Waals surface area contributed by atoms with Crippen LogP contribution in [0.25, 0.3) is 0 Å². The Hall–Kier alpha value is -2.17. The van der Waals surface area contributed by atoms with Gasteiger partial charge in [0.15, 0.2) is 0 Å². The van der Waals surface area contributed by atoms with Crippen molar-refractivity contribution in [1.29, 1.82) is 0 Å². The van der Waals surface area contributed by atoms with E-state index in [0.29, 0.717) is 19.1 Å². The van der Waals surface area contributed by atoms with Crippen LogP contribution in [0.3, 0.4) is 0 Å². The molecule has 4 nitrogen and oxygen atoms in total. The number of nitrogens with one attached hydrogen (secondary N) is 1. The third-order valence-corrected chi connectivity index (χ3v) is 5.29. The van der Waals surface area contributed by atoms with Crippen LogP contribution in [-0.2, 0) is 28.9 Å². The third-order valence-electron chi connectivity index (χ3n) is 5.29. The number of ether oxygens (including phenoxy) is 1. The highest BCUT2D eigenvalue weighted by Gasteiger charge is 2.24. The first-order chi connectivity index (χ1) is 12.8. The lowest BCUT2D eigenvalue weighted by molar-refractivity contribution is -0.119. The van der Waals surface area contributed by atoms with E-state index in [1.165, 1.54) is 16.7 Å². The summed E-state index contributed by atoms with van der Waals surface area (Å²) in [6.45, 7) is 3.33. The van der Waals surface area contributed by atoms with Gasteiger partial charge in [-0.25, -0.2) is 0 Å². The molecular weight excluding hydrogens is 324 g/mol. The van der Waals surface area contributed by atoms with E-state index in [0.717, 1.165) is 44.6 Å². The molecule has 0 saturated carbocycles. The number of fused-ring (bicyclic) bond motifs is 1. The highest BCUT2D eigenvalue weighted by Crippen LogP contribution is 2.31. The molecule has 1 atom stereocenters.